The maximum Gasteiger partial charge on any atom is 0.138 e. The van der Waals surface area contributed by atoms with Crippen LogP contribution in [0.2, 0.25) is 5.15 Å². The molecule has 1 aromatic carbocycles. The normalized spacial score (nSPS) is 9.71. The molecule has 1 aromatic heterocycles. The van der Waals surface area contributed by atoms with Crippen LogP contribution in [-0.4, -0.2) is 9.97 Å². The summed E-state index contributed by atoms with van der Waals surface area (Å²) in [6, 6.07) is 9.16. The van der Waals surface area contributed by atoms with Gasteiger partial charge in [0.05, 0.1) is 11.6 Å². The molecule has 0 spiro atoms. The van der Waals surface area contributed by atoms with Crippen LogP contribution in [0.5, 0.6) is 0 Å². The summed E-state index contributed by atoms with van der Waals surface area (Å²) in [4.78, 5) is 7.98. The van der Waals surface area contributed by atoms with Crippen LogP contribution in [-0.2, 0) is 0 Å². The van der Waals surface area contributed by atoms with E-state index >= 15 is 0 Å². The molecule has 0 unspecified atom stereocenters. The number of nitrogens with one attached hydrogen (secondary N) is 1. The van der Waals surface area contributed by atoms with Crippen molar-refractivity contribution in [3.8, 4) is 6.07 Å². The largest absolute Gasteiger partial charge is 0.340 e. The molecule has 84 valence electrons. The van der Waals surface area contributed by atoms with Crippen molar-refractivity contribution in [3.63, 3.8) is 0 Å². The Kier molecular flexibility index (Phi) is 3.22. The lowest BCUT2D eigenvalue weighted by Gasteiger charge is -2.08. The van der Waals surface area contributed by atoms with Gasteiger partial charge in [-0.3, -0.25) is 0 Å². The van der Waals surface area contributed by atoms with Crippen LogP contribution in [0.15, 0.2) is 30.6 Å². The molecule has 0 atom stereocenters. The Hall–Kier alpha value is -2.12. The fraction of sp³-hybridized carbons (Fsp3) is 0.0833. The van der Waals surface area contributed by atoms with Crippen LogP contribution < -0.4 is 5.32 Å². The molecule has 0 radical (unpaired) electrons. The summed E-state index contributed by atoms with van der Waals surface area (Å²) < 4.78 is 0. The molecule has 0 saturated carbocycles. The summed E-state index contributed by atoms with van der Waals surface area (Å²) in [6.45, 7) is 1.84. The molecule has 2 rings (SSSR count). The van der Waals surface area contributed by atoms with Crippen LogP contribution in [0.25, 0.3) is 0 Å². The van der Waals surface area contributed by atoms with Gasteiger partial charge < -0.3 is 5.32 Å². The highest BCUT2D eigenvalue weighted by molar-refractivity contribution is 6.30. The van der Waals surface area contributed by atoms with E-state index in [1.54, 1.807) is 12.1 Å². The molecule has 0 aliphatic carbocycles. The Morgan fingerprint density at radius 3 is 2.59 bits per heavy atom. The molecule has 0 saturated heterocycles. The summed E-state index contributed by atoms with van der Waals surface area (Å²) in [7, 11) is 0. The Labute approximate surface area is 104 Å². The summed E-state index contributed by atoms with van der Waals surface area (Å²) in [5.74, 6) is 0.662. The minimum absolute atomic E-state index is 0.427. The van der Waals surface area contributed by atoms with Crippen LogP contribution in [0.3, 0.4) is 0 Å². The van der Waals surface area contributed by atoms with Crippen LogP contribution in [0.4, 0.5) is 11.5 Å². The highest BCUT2D eigenvalue weighted by atomic mass is 35.5. The third kappa shape index (κ3) is 2.52. The molecule has 1 heterocycles. The van der Waals surface area contributed by atoms with Gasteiger partial charge in [0.25, 0.3) is 0 Å². The number of rotatable bonds is 2. The fourth-order valence-electron chi connectivity index (χ4n) is 1.32. The first-order valence-electron chi connectivity index (χ1n) is 4.95. The molecule has 0 amide bonds. The Balaban J connectivity index is 2.26. The van der Waals surface area contributed by atoms with Crippen molar-refractivity contribution >= 4 is 23.1 Å². The molecule has 5 heteroatoms. The zero-order chi connectivity index (χ0) is 12.3. The lowest BCUT2D eigenvalue weighted by Crippen LogP contribution is -1.98. The SMILES string of the molecule is Cc1c(Cl)ncnc1Nc1ccc(C#N)cc1. The summed E-state index contributed by atoms with van der Waals surface area (Å²) in [5.41, 5.74) is 2.26. The predicted molar refractivity (Wildman–Crippen MR) is 66.2 cm³/mol. The van der Waals surface area contributed by atoms with Crippen LogP contribution in [0.1, 0.15) is 11.1 Å². The predicted octanol–water partition coefficient (Wildman–Crippen LogP) is 3.05. The number of hydrogen-bond donors (Lipinski definition) is 1. The second-order valence-electron chi connectivity index (χ2n) is 3.45. The van der Waals surface area contributed by atoms with Gasteiger partial charge in [-0.15, -0.1) is 0 Å². The second-order valence-corrected chi connectivity index (χ2v) is 3.81. The number of nitrogens with zero attached hydrogens (tertiary/aromatic N) is 3. The molecule has 0 aliphatic heterocycles. The summed E-state index contributed by atoms with van der Waals surface area (Å²) in [6.07, 6.45) is 1.40. The van der Waals surface area contributed by atoms with Crippen molar-refractivity contribution < 1.29 is 0 Å². The maximum absolute atomic E-state index is 8.69. The number of halogens is 1. The first-order chi connectivity index (χ1) is 8.20. The van der Waals surface area contributed by atoms with E-state index in [1.165, 1.54) is 6.33 Å². The van der Waals surface area contributed by atoms with Gasteiger partial charge in [0.15, 0.2) is 0 Å². The molecule has 0 fully saturated rings. The van der Waals surface area contributed by atoms with Gasteiger partial charge in [0.1, 0.15) is 17.3 Å². The number of aromatic nitrogens is 2. The van der Waals surface area contributed by atoms with Crippen LogP contribution in [0, 0.1) is 18.3 Å². The van der Waals surface area contributed by atoms with E-state index in [0.717, 1.165) is 11.3 Å². The molecule has 17 heavy (non-hydrogen) atoms. The smallest absolute Gasteiger partial charge is 0.138 e. The van der Waals surface area contributed by atoms with Gasteiger partial charge in [-0.05, 0) is 31.2 Å². The minimum Gasteiger partial charge on any atom is -0.340 e. The second kappa shape index (κ2) is 4.81. The minimum atomic E-state index is 0.427. The topological polar surface area (TPSA) is 61.6 Å². The van der Waals surface area contributed by atoms with Crippen LogP contribution >= 0.6 is 11.6 Å². The molecular weight excluding hydrogens is 236 g/mol. The third-order valence-electron chi connectivity index (χ3n) is 2.30. The third-order valence-corrected chi connectivity index (χ3v) is 2.68. The molecule has 4 nitrogen and oxygen atoms in total. The van der Waals surface area contributed by atoms with E-state index in [9.17, 15) is 0 Å². The first-order valence-corrected chi connectivity index (χ1v) is 5.33. The van der Waals surface area contributed by atoms with E-state index in [4.69, 9.17) is 16.9 Å². The molecule has 2 aromatic rings. The quantitative estimate of drug-likeness (QED) is 0.825. The van der Waals surface area contributed by atoms with Gasteiger partial charge in [-0.25, -0.2) is 9.97 Å². The van der Waals surface area contributed by atoms with E-state index < -0.39 is 0 Å². The zero-order valence-electron chi connectivity index (χ0n) is 9.11. The Morgan fingerprint density at radius 1 is 1.24 bits per heavy atom. The van der Waals surface area contributed by atoms with Gasteiger partial charge in [-0.2, -0.15) is 5.26 Å². The number of anilines is 2. The average Bonchev–Trinajstić information content (AvgIpc) is 2.36. The zero-order valence-corrected chi connectivity index (χ0v) is 9.86. The van der Waals surface area contributed by atoms with Crippen molar-refractivity contribution in [1.29, 1.82) is 5.26 Å². The number of nitriles is 1. The number of hydrogen-bond acceptors (Lipinski definition) is 4. The van der Waals surface area contributed by atoms with Crippen molar-refractivity contribution in [2.24, 2.45) is 0 Å². The molecule has 0 bridgehead atoms. The van der Waals surface area contributed by atoms with Crippen molar-refractivity contribution in [2.75, 3.05) is 5.32 Å². The van der Waals surface area contributed by atoms with Gasteiger partial charge >= 0.3 is 0 Å². The van der Waals surface area contributed by atoms with Crippen molar-refractivity contribution in [1.82, 2.24) is 9.97 Å². The lowest BCUT2D eigenvalue weighted by molar-refractivity contribution is 1.13. The van der Waals surface area contributed by atoms with E-state index in [-0.39, 0.29) is 0 Å². The standard InChI is InChI=1S/C12H9ClN4/c1-8-11(13)15-7-16-12(8)17-10-4-2-9(6-14)3-5-10/h2-5,7H,1H3,(H,15,16,17). The monoisotopic (exact) mass is 244 g/mol. The fourth-order valence-corrected chi connectivity index (χ4v) is 1.45. The molecular formula is C12H9ClN4. The van der Waals surface area contributed by atoms with Gasteiger partial charge in [0.2, 0.25) is 0 Å². The van der Waals surface area contributed by atoms with Crippen molar-refractivity contribution in [2.45, 2.75) is 6.92 Å². The molecule has 1 N–H and O–H groups in total. The highest BCUT2D eigenvalue weighted by Gasteiger charge is 2.04. The maximum atomic E-state index is 8.69. The lowest BCUT2D eigenvalue weighted by atomic mass is 10.2. The van der Waals surface area contributed by atoms with Gasteiger partial charge in [-0.1, -0.05) is 11.6 Å². The summed E-state index contributed by atoms with van der Waals surface area (Å²) >= 11 is 5.89. The Bertz CT molecular complexity index is 572. The van der Waals surface area contributed by atoms with Crippen molar-refractivity contribution in [3.05, 3.63) is 46.9 Å². The van der Waals surface area contributed by atoms with E-state index in [0.29, 0.717) is 16.5 Å². The highest BCUT2D eigenvalue weighted by Crippen LogP contribution is 2.22. The van der Waals surface area contributed by atoms with Gasteiger partial charge in [0, 0.05) is 11.3 Å². The van der Waals surface area contributed by atoms with E-state index in [2.05, 4.69) is 21.4 Å². The molecule has 0 aliphatic rings. The Morgan fingerprint density at radius 2 is 1.94 bits per heavy atom. The summed E-state index contributed by atoms with van der Waals surface area (Å²) in [5, 5.41) is 12.2. The average molecular weight is 245 g/mol. The number of benzene rings is 1. The first kappa shape index (κ1) is 11.4. The van der Waals surface area contributed by atoms with E-state index in [1.807, 2.05) is 19.1 Å².